The minimum Gasteiger partial charge on any atom is -0.391 e. The number of aromatic nitrogens is 3. The van der Waals surface area contributed by atoms with Gasteiger partial charge in [0.1, 0.15) is 5.82 Å². The van der Waals surface area contributed by atoms with Crippen molar-refractivity contribution in [2.75, 3.05) is 11.9 Å². The van der Waals surface area contributed by atoms with E-state index in [2.05, 4.69) is 20.7 Å². The van der Waals surface area contributed by atoms with E-state index >= 15 is 0 Å². The number of rotatable bonds is 7. The molecular formula is C17H25N5O2. The van der Waals surface area contributed by atoms with Crippen molar-refractivity contribution in [1.29, 1.82) is 0 Å². The topological polar surface area (TPSA) is 92.1 Å². The first kappa shape index (κ1) is 17.9. The second kappa shape index (κ2) is 8.44. The zero-order chi connectivity index (χ0) is 17.5. The molecule has 130 valence electrons. The van der Waals surface area contributed by atoms with Gasteiger partial charge in [0.05, 0.1) is 24.0 Å². The lowest BCUT2D eigenvalue weighted by Gasteiger charge is -2.14. The largest absolute Gasteiger partial charge is 0.391 e. The lowest BCUT2D eigenvalue weighted by molar-refractivity contribution is 0.148. The van der Waals surface area contributed by atoms with Crippen LogP contribution in [-0.4, -0.2) is 38.6 Å². The van der Waals surface area contributed by atoms with Gasteiger partial charge >= 0.3 is 6.03 Å². The Balaban J connectivity index is 1.93. The van der Waals surface area contributed by atoms with E-state index in [-0.39, 0.29) is 12.6 Å². The molecule has 0 saturated heterocycles. The second-order valence-corrected chi connectivity index (χ2v) is 6.27. The van der Waals surface area contributed by atoms with Crippen molar-refractivity contribution < 1.29 is 9.90 Å². The lowest BCUT2D eigenvalue weighted by Crippen LogP contribution is -2.36. The number of anilines is 1. The van der Waals surface area contributed by atoms with Gasteiger partial charge in [0.2, 0.25) is 0 Å². The molecule has 0 bridgehead atoms. The predicted molar refractivity (Wildman–Crippen MR) is 92.8 cm³/mol. The molecule has 7 nitrogen and oxygen atoms in total. The van der Waals surface area contributed by atoms with Crippen LogP contribution in [0.15, 0.2) is 30.5 Å². The Labute approximate surface area is 142 Å². The van der Waals surface area contributed by atoms with Gasteiger partial charge < -0.3 is 10.4 Å². The quantitative estimate of drug-likeness (QED) is 0.725. The number of hydrogen-bond donors (Lipinski definition) is 3. The molecule has 2 heterocycles. The van der Waals surface area contributed by atoms with Crippen molar-refractivity contribution in [2.45, 2.75) is 39.8 Å². The number of nitrogens with zero attached hydrogens (tertiary/aromatic N) is 3. The summed E-state index contributed by atoms with van der Waals surface area (Å²) in [5, 5.41) is 19.6. The number of urea groups is 1. The molecule has 1 unspecified atom stereocenters. The Kier molecular flexibility index (Phi) is 6.31. The number of hydrogen-bond acceptors (Lipinski definition) is 4. The molecule has 0 aliphatic rings. The summed E-state index contributed by atoms with van der Waals surface area (Å²) >= 11 is 0. The first-order valence-corrected chi connectivity index (χ1v) is 8.11. The summed E-state index contributed by atoms with van der Waals surface area (Å²) in [6, 6.07) is 7.11. The smallest absolute Gasteiger partial charge is 0.320 e. The Morgan fingerprint density at radius 2 is 2.17 bits per heavy atom. The molecule has 0 spiro atoms. The Hall–Kier alpha value is -2.41. The Morgan fingerprint density at radius 1 is 1.38 bits per heavy atom. The fraction of sp³-hybridized carbons (Fsp3) is 0.471. The molecule has 2 rings (SSSR count). The van der Waals surface area contributed by atoms with Gasteiger partial charge in [-0.25, -0.2) is 9.48 Å². The van der Waals surface area contributed by atoms with Crippen LogP contribution in [0.5, 0.6) is 0 Å². The van der Waals surface area contributed by atoms with Crippen molar-refractivity contribution in [2.24, 2.45) is 5.92 Å². The number of aliphatic hydroxyl groups excluding tert-OH is 1. The highest BCUT2D eigenvalue weighted by molar-refractivity contribution is 5.88. The van der Waals surface area contributed by atoms with Crippen molar-refractivity contribution in [1.82, 2.24) is 20.1 Å². The van der Waals surface area contributed by atoms with Crippen LogP contribution in [-0.2, 0) is 6.54 Å². The summed E-state index contributed by atoms with van der Waals surface area (Å²) < 4.78 is 1.70. The van der Waals surface area contributed by atoms with Crippen LogP contribution in [0.25, 0.3) is 0 Å². The van der Waals surface area contributed by atoms with E-state index < -0.39 is 6.10 Å². The summed E-state index contributed by atoms with van der Waals surface area (Å²) in [4.78, 5) is 16.3. The third-order valence-electron chi connectivity index (χ3n) is 3.42. The van der Waals surface area contributed by atoms with Crippen molar-refractivity contribution in [3.63, 3.8) is 0 Å². The van der Waals surface area contributed by atoms with E-state index in [0.717, 1.165) is 11.4 Å². The van der Waals surface area contributed by atoms with Crippen LogP contribution in [0.4, 0.5) is 10.6 Å². The number of aryl methyl sites for hydroxylation is 1. The molecule has 0 aliphatic heterocycles. The zero-order valence-electron chi connectivity index (χ0n) is 14.4. The molecule has 0 fully saturated rings. The first-order valence-electron chi connectivity index (χ1n) is 8.11. The predicted octanol–water partition coefficient (Wildman–Crippen LogP) is 2.16. The molecule has 2 aromatic heterocycles. The van der Waals surface area contributed by atoms with Crippen molar-refractivity contribution in [3.05, 3.63) is 41.9 Å². The molecule has 2 aromatic rings. The van der Waals surface area contributed by atoms with Crippen LogP contribution in [0, 0.1) is 12.8 Å². The van der Waals surface area contributed by atoms with Crippen LogP contribution in [0.3, 0.4) is 0 Å². The van der Waals surface area contributed by atoms with Gasteiger partial charge in [-0.1, -0.05) is 19.9 Å². The highest BCUT2D eigenvalue weighted by Crippen LogP contribution is 2.12. The maximum absolute atomic E-state index is 12.0. The molecule has 7 heteroatoms. The molecule has 0 saturated carbocycles. The van der Waals surface area contributed by atoms with Gasteiger partial charge in [-0.2, -0.15) is 5.10 Å². The summed E-state index contributed by atoms with van der Waals surface area (Å²) in [6.45, 7) is 6.62. The maximum Gasteiger partial charge on any atom is 0.320 e. The molecule has 0 radical (unpaired) electrons. The number of carbonyl (C=O) groups excluding carboxylic acids is 1. The Morgan fingerprint density at radius 3 is 2.83 bits per heavy atom. The van der Waals surface area contributed by atoms with Crippen LogP contribution in [0.2, 0.25) is 0 Å². The standard InChI is InChI=1S/C17H25N5O2/c1-12(2)8-15(23)10-19-17(24)20-16-9-13(3)21-22(16)11-14-6-4-5-7-18-14/h4-7,9,12,15,23H,8,10-11H2,1-3H3,(H2,19,20,24). The molecule has 3 N–H and O–H groups in total. The van der Waals surface area contributed by atoms with E-state index in [1.54, 1.807) is 16.9 Å². The fourth-order valence-corrected chi connectivity index (χ4v) is 2.41. The molecule has 0 aliphatic carbocycles. The molecule has 1 atom stereocenters. The van der Waals surface area contributed by atoms with E-state index in [1.807, 2.05) is 39.0 Å². The van der Waals surface area contributed by atoms with Crippen molar-refractivity contribution in [3.8, 4) is 0 Å². The second-order valence-electron chi connectivity index (χ2n) is 6.27. The summed E-state index contributed by atoms with van der Waals surface area (Å²) in [5.74, 6) is 0.973. The normalized spacial score (nSPS) is 12.2. The van der Waals surface area contributed by atoms with Gasteiger partial charge in [-0.05, 0) is 31.4 Å². The molecule has 24 heavy (non-hydrogen) atoms. The van der Waals surface area contributed by atoms with Crippen LogP contribution >= 0.6 is 0 Å². The third-order valence-corrected chi connectivity index (χ3v) is 3.42. The van der Waals surface area contributed by atoms with Gasteiger partial charge in [0.15, 0.2) is 0 Å². The number of pyridine rings is 1. The molecular weight excluding hydrogens is 306 g/mol. The Bertz CT molecular complexity index is 654. The minimum absolute atomic E-state index is 0.220. The summed E-state index contributed by atoms with van der Waals surface area (Å²) in [5.41, 5.74) is 1.66. The van der Waals surface area contributed by atoms with Gasteiger partial charge in [0, 0.05) is 18.8 Å². The van der Waals surface area contributed by atoms with Gasteiger partial charge in [-0.15, -0.1) is 0 Å². The lowest BCUT2D eigenvalue weighted by atomic mass is 10.1. The number of carbonyl (C=O) groups is 1. The minimum atomic E-state index is -0.545. The van der Waals surface area contributed by atoms with Gasteiger partial charge in [-0.3, -0.25) is 10.3 Å². The van der Waals surface area contributed by atoms with E-state index in [0.29, 0.717) is 24.7 Å². The first-order chi connectivity index (χ1) is 11.4. The number of nitrogens with one attached hydrogen (secondary N) is 2. The SMILES string of the molecule is Cc1cc(NC(=O)NCC(O)CC(C)C)n(Cc2ccccn2)n1. The highest BCUT2D eigenvalue weighted by Gasteiger charge is 2.12. The highest BCUT2D eigenvalue weighted by atomic mass is 16.3. The van der Waals surface area contributed by atoms with E-state index in [4.69, 9.17) is 0 Å². The summed E-state index contributed by atoms with van der Waals surface area (Å²) in [7, 11) is 0. The third kappa shape index (κ3) is 5.66. The van der Waals surface area contributed by atoms with Gasteiger partial charge in [0.25, 0.3) is 0 Å². The average Bonchev–Trinajstić information content (AvgIpc) is 2.85. The maximum atomic E-state index is 12.0. The summed E-state index contributed by atoms with van der Waals surface area (Å²) in [6.07, 6.45) is 1.83. The number of amides is 2. The van der Waals surface area contributed by atoms with Crippen molar-refractivity contribution >= 4 is 11.8 Å². The van der Waals surface area contributed by atoms with Crippen LogP contribution < -0.4 is 10.6 Å². The monoisotopic (exact) mass is 331 g/mol. The molecule has 2 amide bonds. The van der Waals surface area contributed by atoms with E-state index in [1.165, 1.54) is 0 Å². The zero-order valence-corrected chi connectivity index (χ0v) is 14.4. The van der Waals surface area contributed by atoms with Crippen LogP contribution in [0.1, 0.15) is 31.7 Å². The van der Waals surface area contributed by atoms with E-state index in [9.17, 15) is 9.90 Å². The number of aliphatic hydroxyl groups is 1. The fourth-order valence-electron chi connectivity index (χ4n) is 2.41. The average molecular weight is 331 g/mol. The molecule has 0 aromatic carbocycles.